The molecule has 1 saturated heterocycles. The van der Waals surface area contributed by atoms with E-state index in [4.69, 9.17) is 44.3 Å². The Morgan fingerprint density at radius 3 is 1.98 bits per heavy atom. The van der Waals surface area contributed by atoms with E-state index in [0.717, 1.165) is 53.2 Å². The Morgan fingerprint density at radius 2 is 1.38 bits per heavy atom. The average molecular weight is 793 g/mol. The molecule has 4 amide bonds. The van der Waals surface area contributed by atoms with Crippen LogP contribution in [0.4, 0.5) is 16.2 Å². The standard InChI is InChI=1S/C44H36Cl3N3O5/c1-2-54-39-22-27(21-38(47)41(39)55-25-26-13-14-36(45)37(46)20-26)19-35-42(51)48-44(53)50(43(35)52)30-23-33-31(28-9-5-3-6-10-28)15-17-49-18-16-32(34(24-30)40(33)49)29-11-7-4-8-12-29/h3-14,19-24,31-32H,2,15-18,25H2,1H3,(H,48,51,53)/b35-19+/t31-,32-/m0/s1. The van der Waals surface area contributed by atoms with Crippen LogP contribution in [0.5, 0.6) is 11.5 Å². The van der Waals surface area contributed by atoms with E-state index < -0.39 is 17.8 Å². The second-order valence-corrected chi connectivity index (χ2v) is 14.9. The molecule has 11 heteroatoms. The molecule has 0 bridgehead atoms. The van der Waals surface area contributed by atoms with Crippen molar-refractivity contribution >= 4 is 70.1 Å². The Balaban J connectivity index is 1.18. The van der Waals surface area contributed by atoms with Crippen LogP contribution in [0.1, 0.15) is 65.0 Å². The van der Waals surface area contributed by atoms with Crippen molar-refractivity contribution in [1.82, 2.24) is 5.32 Å². The highest BCUT2D eigenvalue weighted by atomic mass is 35.5. The van der Waals surface area contributed by atoms with Gasteiger partial charge in [0.05, 0.1) is 27.4 Å². The van der Waals surface area contributed by atoms with E-state index in [0.29, 0.717) is 33.7 Å². The summed E-state index contributed by atoms with van der Waals surface area (Å²) in [5.41, 5.74) is 6.95. The van der Waals surface area contributed by atoms with Gasteiger partial charge in [-0.05, 0) is 95.6 Å². The monoisotopic (exact) mass is 791 g/mol. The summed E-state index contributed by atoms with van der Waals surface area (Å²) in [4.78, 5) is 45.0. The number of nitrogens with zero attached hydrogens (tertiary/aromatic N) is 2. The molecule has 8 nitrogen and oxygen atoms in total. The number of nitrogens with one attached hydrogen (secondary N) is 1. The van der Waals surface area contributed by atoms with Gasteiger partial charge in [-0.2, -0.15) is 0 Å². The summed E-state index contributed by atoms with van der Waals surface area (Å²) in [5, 5.41) is 3.43. The van der Waals surface area contributed by atoms with Crippen LogP contribution in [0.25, 0.3) is 6.08 Å². The van der Waals surface area contributed by atoms with E-state index in [1.54, 1.807) is 30.3 Å². The van der Waals surface area contributed by atoms with Crippen LogP contribution in [-0.4, -0.2) is 37.5 Å². The highest BCUT2D eigenvalue weighted by molar-refractivity contribution is 6.42. The summed E-state index contributed by atoms with van der Waals surface area (Å²) in [6.45, 7) is 4.05. The van der Waals surface area contributed by atoms with Gasteiger partial charge in [0, 0.05) is 30.6 Å². The van der Waals surface area contributed by atoms with E-state index in [1.807, 2.05) is 55.5 Å². The van der Waals surface area contributed by atoms with Crippen LogP contribution < -0.4 is 24.6 Å². The average Bonchev–Trinajstić information content (AvgIpc) is 3.18. The van der Waals surface area contributed by atoms with Gasteiger partial charge in [-0.3, -0.25) is 14.9 Å². The maximum atomic E-state index is 14.4. The van der Waals surface area contributed by atoms with Crippen molar-refractivity contribution in [2.24, 2.45) is 0 Å². The topological polar surface area (TPSA) is 88.2 Å². The minimum absolute atomic E-state index is 0.0526. The molecule has 0 radical (unpaired) electrons. The molecule has 8 rings (SSSR count). The number of barbiturate groups is 1. The molecule has 3 aliphatic heterocycles. The van der Waals surface area contributed by atoms with Gasteiger partial charge in [0.1, 0.15) is 12.2 Å². The third-order valence-electron chi connectivity index (χ3n) is 10.4. The number of carbonyl (C=O) groups is 3. The molecule has 1 fully saturated rings. The Labute approximate surface area is 334 Å². The van der Waals surface area contributed by atoms with E-state index in [-0.39, 0.29) is 34.8 Å². The Kier molecular flexibility index (Phi) is 10.3. The molecule has 278 valence electrons. The maximum Gasteiger partial charge on any atom is 0.335 e. The predicted molar refractivity (Wildman–Crippen MR) is 217 cm³/mol. The number of ether oxygens (including phenoxy) is 2. The number of carbonyl (C=O) groups excluding carboxylic acids is 3. The Bertz CT molecular complexity index is 2280. The largest absolute Gasteiger partial charge is 0.490 e. The summed E-state index contributed by atoms with van der Waals surface area (Å²) in [5.74, 6) is -0.851. The fourth-order valence-corrected chi connectivity index (χ4v) is 8.48. The predicted octanol–water partition coefficient (Wildman–Crippen LogP) is 10.2. The van der Waals surface area contributed by atoms with Crippen LogP contribution in [0, 0.1) is 0 Å². The lowest BCUT2D eigenvalue weighted by Crippen LogP contribution is -2.54. The highest BCUT2D eigenvalue weighted by Gasteiger charge is 2.40. The summed E-state index contributed by atoms with van der Waals surface area (Å²) >= 11 is 19.0. The summed E-state index contributed by atoms with van der Waals surface area (Å²) < 4.78 is 11.9. The number of hydrogen-bond acceptors (Lipinski definition) is 6. The zero-order chi connectivity index (χ0) is 38.2. The summed E-state index contributed by atoms with van der Waals surface area (Å²) in [6.07, 6.45) is 3.18. The van der Waals surface area contributed by atoms with Crippen molar-refractivity contribution in [2.45, 2.75) is 38.2 Å². The first-order valence-corrected chi connectivity index (χ1v) is 19.3. The van der Waals surface area contributed by atoms with Crippen molar-refractivity contribution in [1.29, 1.82) is 0 Å². The minimum atomic E-state index is -0.811. The highest BCUT2D eigenvalue weighted by Crippen LogP contribution is 2.50. The van der Waals surface area contributed by atoms with Crippen molar-refractivity contribution < 1.29 is 23.9 Å². The molecule has 0 spiro atoms. The number of anilines is 2. The molecule has 1 N–H and O–H groups in total. The zero-order valence-corrected chi connectivity index (χ0v) is 32.1. The van der Waals surface area contributed by atoms with Crippen molar-refractivity contribution in [3.8, 4) is 11.5 Å². The number of urea groups is 1. The molecule has 3 aliphatic rings. The normalized spacial score (nSPS) is 18.6. The third-order valence-corrected chi connectivity index (χ3v) is 11.4. The summed E-state index contributed by atoms with van der Waals surface area (Å²) in [6, 6.07) is 32.1. The van der Waals surface area contributed by atoms with Gasteiger partial charge in [0.25, 0.3) is 11.8 Å². The van der Waals surface area contributed by atoms with Gasteiger partial charge < -0.3 is 14.4 Å². The van der Waals surface area contributed by atoms with Gasteiger partial charge >= 0.3 is 6.03 Å². The van der Waals surface area contributed by atoms with Crippen LogP contribution >= 0.6 is 34.8 Å². The smallest absolute Gasteiger partial charge is 0.335 e. The molecule has 0 saturated carbocycles. The first kappa shape index (κ1) is 36.7. The van der Waals surface area contributed by atoms with Crippen LogP contribution in [0.15, 0.2) is 109 Å². The quantitative estimate of drug-likeness (QED) is 0.118. The lowest BCUT2D eigenvalue weighted by atomic mass is 9.76. The molecule has 0 aliphatic carbocycles. The number of imide groups is 2. The molecule has 55 heavy (non-hydrogen) atoms. The molecule has 5 aromatic rings. The van der Waals surface area contributed by atoms with Crippen LogP contribution in [0.2, 0.25) is 15.1 Å². The first-order chi connectivity index (χ1) is 26.7. The molecule has 0 unspecified atom stereocenters. The number of amides is 4. The van der Waals surface area contributed by atoms with E-state index in [2.05, 4.69) is 34.5 Å². The van der Waals surface area contributed by atoms with Crippen LogP contribution in [-0.2, 0) is 16.2 Å². The third kappa shape index (κ3) is 7.18. The lowest BCUT2D eigenvalue weighted by Gasteiger charge is -2.44. The van der Waals surface area contributed by atoms with Gasteiger partial charge in [-0.25, -0.2) is 9.69 Å². The van der Waals surface area contributed by atoms with E-state index >= 15 is 0 Å². The van der Waals surface area contributed by atoms with Gasteiger partial charge in [0.15, 0.2) is 11.5 Å². The first-order valence-electron chi connectivity index (χ1n) is 18.2. The SMILES string of the molecule is CCOc1cc(/C=C2\C(=O)NC(=O)N(c3cc4c5c(c3)[C@H](c3ccccc3)CCN5CC[C@H]4c3ccccc3)C2=O)cc(Cl)c1OCc1ccc(Cl)c(Cl)c1. The van der Waals surface area contributed by atoms with Gasteiger partial charge in [0.2, 0.25) is 0 Å². The number of halogens is 3. The Hall–Kier alpha value is -5.28. The van der Waals surface area contributed by atoms with Crippen molar-refractivity contribution in [2.75, 3.05) is 29.5 Å². The van der Waals surface area contributed by atoms with Crippen molar-refractivity contribution in [3.63, 3.8) is 0 Å². The number of rotatable bonds is 9. The van der Waals surface area contributed by atoms with Crippen molar-refractivity contribution in [3.05, 3.63) is 157 Å². The maximum absolute atomic E-state index is 14.4. The number of benzene rings is 5. The second kappa shape index (κ2) is 15.5. The minimum Gasteiger partial charge on any atom is -0.490 e. The fourth-order valence-electron chi connectivity index (χ4n) is 7.89. The molecular weight excluding hydrogens is 757 g/mol. The Morgan fingerprint density at radius 1 is 0.745 bits per heavy atom. The number of hydrogen-bond donors (Lipinski definition) is 1. The molecule has 0 aromatic heterocycles. The fraction of sp³-hybridized carbons (Fsp3) is 0.205. The molecule has 3 heterocycles. The molecule has 2 atom stereocenters. The van der Waals surface area contributed by atoms with Gasteiger partial charge in [-0.15, -0.1) is 0 Å². The van der Waals surface area contributed by atoms with Gasteiger partial charge in [-0.1, -0.05) is 102 Å². The molecular formula is C44H36Cl3N3O5. The zero-order valence-electron chi connectivity index (χ0n) is 29.9. The van der Waals surface area contributed by atoms with E-state index in [1.165, 1.54) is 17.2 Å². The van der Waals surface area contributed by atoms with Crippen LogP contribution in [0.3, 0.4) is 0 Å². The second-order valence-electron chi connectivity index (χ2n) is 13.7. The lowest BCUT2D eigenvalue weighted by molar-refractivity contribution is -0.122. The summed E-state index contributed by atoms with van der Waals surface area (Å²) in [7, 11) is 0. The van der Waals surface area contributed by atoms with E-state index in [9.17, 15) is 14.4 Å². The molecule has 5 aromatic carbocycles.